The highest BCUT2D eigenvalue weighted by atomic mass is 32.2. The van der Waals surface area contributed by atoms with E-state index in [0.29, 0.717) is 5.13 Å². The summed E-state index contributed by atoms with van der Waals surface area (Å²) in [6.07, 6.45) is 1.10. The maximum Gasteiger partial charge on any atom is 0.257 e. The number of anilines is 1. The fraction of sp³-hybridized carbons (Fsp3) is 0.111. The Kier molecular flexibility index (Phi) is 5.06. The number of nitrogens with one attached hydrogen (secondary N) is 1. The number of nitrogens with zero attached hydrogens (tertiary/aromatic N) is 1. The maximum absolute atomic E-state index is 12.4. The van der Waals surface area contributed by atoms with Crippen molar-refractivity contribution in [1.29, 1.82) is 0 Å². The zero-order chi connectivity index (χ0) is 18.7. The Morgan fingerprint density at radius 1 is 1.15 bits per heavy atom. The lowest BCUT2D eigenvalue weighted by atomic mass is 10.2. The van der Waals surface area contributed by atoms with Crippen molar-refractivity contribution in [2.24, 2.45) is 0 Å². The maximum atomic E-state index is 12.4. The van der Waals surface area contributed by atoms with E-state index in [-0.39, 0.29) is 10.5 Å². The van der Waals surface area contributed by atoms with E-state index in [4.69, 9.17) is 4.74 Å². The zero-order valence-corrected chi connectivity index (χ0v) is 15.7. The van der Waals surface area contributed by atoms with Gasteiger partial charge in [-0.3, -0.25) is 10.1 Å². The standard InChI is InChI=1S/C18H16N2O4S2/c1-24-14-8-6-12(7-9-14)16-11-25-18(19-16)20-17(21)13-4-3-5-15(10-13)26(2,22)23/h3-11H,1-2H3,(H,19,20,21). The summed E-state index contributed by atoms with van der Waals surface area (Å²) < 4.78 is 28.4. The van der Waals surface area contributed by atoms with Crippen LogP contribution in [-0.4, -0.2) is 32.7 Å². The Hall–Kier alpha value is -2.71. The molecule has 26 heavy (non-hydrogen) atoms. The van der Waals surface area contributed by atoms with Crippen molar-refractivity contribution < 1.29 is 17.9 Å². The van der Waals surface area contributed by atoms with Crippen molar-refractivity contribution in [3.63, 3.8) is 0 Å². The van der Waals surface area contributed by atoms with Crippen LogP contribution in [0.3, 0.4) is 0 Å². The van der Waals surface area contributed by atoms with Crippen LogP contribution in [0, 0.1) is 0 Å². The van der Waals surface area contributed by atoms with Crippen LogP contribution in [0.5, 0.6) is 5.75 Å². The average molecular weight is 388 g/mol. The lowest BCUT2D eigenvalue weighted by molar-refractivity contribution is 0.102. The first-order chi connectivity index (χ1) is 12.4. The molecule has 0 aliphatic heterocycles. The first-order valence-electron chi connectivity index (χ1n) is 7.58. The number of amides is 1. The molecule has 0 saturated carbocycles. The number of carbonyl (C=O) groups is 1. The summed E-state index contributed by atoms with van der Waals surface area (Å²) in [5.41, 5.74) is 1.90. The smallest absolute Gasteiger partial charge is 0.257 e. The Balaban J connectivity index is 1.77. The highest BCUT2D eigenvalue weighted by Crippen LogP contribution is 2.26. The molecular formula is C18H16N2O4S2. The van der Waals surface area contributed by atoms with Crippen molar-refractivity contribution in [2.75, 3.05) is 18.7 Å². The second-order valence-electron chi connectivity index (χ2n) is 5.52. The zero-order valence-electron chi connectivity index (χ0n) is 14.1. The summed E-state index contributed by atoms with van der Waals surface area (Å²) in [5, 5.41) is 4.97. The Bertz CT molecular complexity index is 1040. The van der Waals surface area contributed by atoms with Gasteiger partial charge in [0.05, 0.1) is 17.7 Å². The molecule has 8 heteroatoms. The second kappa shape index (κ2) is 7.27. The molecule has 1 heterocycles. The highest BCUT2D eigenvalue weighted by molar-refractivity contribution is 7.90. The molecule has 1 N–H and O–H groups in total. The fourth-order valence-corrected chi connectivity index (χ4v) is 3.64. The summed E-state index contributed by atoms with van der Waals surface area (Å²) in [5.74, 6) is 0.342. The van der Waals surface area contributed by atoms with Gasteiger partial charge in [0.25, 0.3) is 5.91 Å². The molecule has 0 saturated heterocycles. The predicted molar refractivity (Wildman–Crippen MR) is 102 cm³/mol. The van der Waals surface area contributed by atoms with Crippen LogP contribution in [0.4, 0.5) is 5.13 Å². The van der Waals surface area contributed by atoms with Gasteiger partial charge in [-0.2, -0.15) is 0 Å². The third kappa shape index (κ3) is 4.09. The van der Waals surface area contributed by atoms with E-state index in [0.717, 1.165) is 23.3 Å². The second-order valence-corrected chi connectivity index (χ2v) is 8.39. The monoisotopic (exact) mass is 388 g/mol. The van der Waals surface area contributed by atoms with Crippen LogP contribution in [0.1, 0.15) is 10.4 Å². The number of hydrogen-bond acceptors (Lipinski definition) is 6. The van der Waals surface area contributed by atoms with Gasteiger partial charge in [-0.05, 0) is 42.5 Å². The fourth-order valence-electron chi connectivity index (χ4n) is 2.26. The Labute approximate surface area is 155 Å². The van der Waals surface area contributed by atoms with Gasteiger partial charge in [-0.1, -0.05) is 6.07 Å². The quantitative estimate of drug-likeness (QED) is 0.723. The van der Waals surface area contributed by atoms with Crippen molar-refractivity contribution in [3.8, 4) is 17.0 Å². The van der Waals surface area contributed by atoms with Crippen LogP contribution in [0.2, 0.25) is 0 Å². The number of hydrogen-bond donors (Lipinski definition) is 1. The number of thiazole rings is 1. The number of methoxy groups -OCH3 is 1. The normalized spacial score (nSPS) is 11.2. The lowest BCUT2D eigenvalue weighted by Gasteiger charge is -2.04. The van der Waals surface area contributed by atoms with Crippen molar-refractivity contribution in [3.05, 3.63) is 59.5 Å². The van der Waals surface area contributed by atoms with Gasteiger partial charge in [-0.15, -0.1) is 11.3 Å². The largest absolute Gasteiger partial charge is 0.497 e. The van der Waals surface area contributed by atoms with E-state index < -0.39 is 15.7 Å². The van der Waals surface area contributed by atoms with Crippen LogP contribution < -0.4 is 10.1 Å². The number of benzene rings is 2. The Morgan fingerprint density at radius 2 is 1.88 bits per heavy atom. The molecule has 0 aliphatic carbocycles. The van der Waals surface area contributed by atoms with E-state index in [9.17, 15) is 13.2 Å². The van der Waals surface area contributed by atoms with Gasteiger partial charge in [-0.25, -0.2) is 13.4 Å². The molecule has 3 rings (SSSR count). The highest BCUT2D eigenvalue weighted by Gasteiger charge is 2.13. The lowest BCUT2D eigenvalue weighted by Crippen LogP contribution is -2.12. The number of rotatable bonds is 5. The number of carbonyl (C=O) groups excluding carboxylic acids is 1. The predicted octanol–water partition coefficient (Wildman–Crippen LogP) is 3.47. The van der Waals surface area contributed by atoms with Gasteiger partial charge in [0.15, 0.2) is 15.0 Å². The van der Waals surface area contributed by atoms with Crippen molar-refractivity contribution >= 4 is 32.2 Å². The molecule has 0 spiro atoms. The van der Waals surface area contributed by atoms with Gasteiger partial charge < -0.3 is 4.74 Å². The summed E-state index contributed by atoms with van der Waals surface area (Å²) >= 11 is 1.29. The van der Waals surface area contributed by atoms with E-state index in [2.05, 4.69) is 10.3 Å². The van der Waals surface area contributed by atoms with Crippen LogP contribution >= 0.6 is 11.3 Å². The number of ether oxygens (including phenoxy) is 1. The molecule has 0 fully saturated rings. The number of aromatic nitrogens is 1. The first-order valence-corrected chi connectivity index (χ1v) is 10.4. The van der Waals surface area contributed by atoms with Crippen LogP contribution in [0.25, 0.3) is 11.3 Å². The summed E-state index contributed by atoms with van der Waals surface area (Å²) in [4.78, 5) is 16.9. The molecule has 134 valence electrons. The molecule has 0 radical (unpaired) electrons. The minimum Gasteiger partial charge on any atom is -0.497 e. The molecule has 0 bridgehead atoms. The van der Waals surface area contributed by atoms with E-state index in [1.807, 2.05) is 29.6 Å². The molecule has 0 unspecified atom stereocenters. The van der Waals surface area contributed by atoms with E-state index in [1.54, 1.807) is 13.2 Å². The molecular weight excluding hydrogens is 372 g/mol. The van der Waals surface area contributed by atoms with Crippen molar-refractivity contribution in [1.82, 2.24) is 4.98 Å². The van der Waals surface area contributed by atoms with Crippen LogP contribution in [-0.2, 0) is 9.84 Å². The van der Waals surface area contributed by atoms with Crippen molar-refractivity contribution in [2.45, 2.75) is 4.90 Å². The SMILES string of the molecule is COc1ccc(-c2csc(NC(=O)c3cccc(S(C)(=O)=O)c3)n2)cc1. The van der Waals surface area contributed by atoms with Gasteiger partial charge >= 0.3 is 0 Å². The molecule has 1 amide bonds. The molecule has 0 aliphatic rings. The summed E-state index contributed by atoms with van der Waals surface area (Å²) in [7, 11) is -1.77. The molecule has 3 aromatic rings. The Morgan fingerprint density at radius 3 is 2.54 bits per heavy atom. The molecule has 0 atom stereocenters. The molecule has 1 aromatic heterocycles. The van der Waals surface area contributed by atoms with Gasteiger partial charge in [0, 0.05) is 22.8 Å². The summed E-state index contributed by atoms with van der Waals surface area (Å²) in [6, 6.07) is 13.3. The first kappa shape index (κ1) is 18.1. The molecule has 2 aromatic carbocycles. The average Bonchev–Trinajstić information content (AvgIpc) is 3.09. The summed E-state index contributed by atoms with van der Waals surface area (Å²) in [6.45, 7) is 0. The third-order valence-electron chi connectivity index (χ3n) is 3.63. The third-order valence-corrected chi connectivity index (χ3v) is 5.50. The minimum absolute atomic E-state index is 0.100. The van der Waals surface area contributed by atoms with Gasteiger partial charge in [0.2, 0.25) is 0 Å². The van der Waals surface area contributed by atoms with E-state index >= 15 is 0 Å². The minimum atomic E-state index is -3.37. The number of sulfone groups is 1. The van der Waals surface area contributed by atoms with Crippen LogP contribution in [0.15, 0.2) is 58.8 Å². The molecule has 6 nitrogen and oxygen atoms in total. The topological polar surface area (TPSA) is 85.4 Å². The van der Waals surface area contributed by atoms with Gasteiger partial charge in [0.1, 0.15) is 5.75 Å². The van der Waals surface area contributed by atoms with E-state index in [1.165, 1.54) is 29.5 Å².